The van der Waals surface area contributed by atoms with Gasteiger partial charge in [-0.25, -0.2) is 0 Å². The molecule has 5 nitrogen and oxygen atoms in total. The van der Waals surface area contributed by atoms with Crippen LogP contribution >= 0.6 is 0 Å². The Hall–Kier alpha value is -0.940. The summed E-state index contributed by atoms with van der Waals surface area (Å²) in [5.41, 5.74) is 0. The number of ether oxygens (including phenoxy) is 2. The summed E-state index contributed by atoms with van der Waals surface area (Å²) >= 11 is 0. The molecule has 1 N–H and O–H groups in total. The number of hydrogen-bond acceptors (Lipinski definition) is 4. The topological polar surface area (TPSA) is 64.6 Å². The first kappa shape index (κ1) is 18.1. The number of carbonyl (C=O) groups is 2. The van der Waals surface area contributed by atoms with Crippen LogP contribution in [0.1, 0.15) is 40.5 Å². The fourth-order valence-electron chi connectivity index (χ4n) is 1.32. The SMILES string of the molecule is CC(C)OCCOCCNC(=O)CCC(=O)C(C)C. The summed E-state index contributed by atoms with van der Waals surface area (Å²) in [5, 5.41) is 2.72. The zero-order valence-corrected chi connectivity index (χ0v) is 12.5. The molecule has 19 heavy (non-hydrogen) atoms. The van der Waals surface area contributed by atoms with Gasteiger partial charge >= 0.3 is 0 Å². The van der Waals surface area contributed by atoms with Crippen LogP contribution in [0.15, 0.2) is 0 Å². The lowest BCUT2D eigenvalue weighted by atomic mass is 10.0. The summed E-state index contributed by atoms with van der Waals surface area (Å²) in [5.74, 6) is 0.0188. The highest BCUT2D eigenvalue weighted by Gasteiger charge is 2.09. The van der Waals surface area contributed by atoms with Gasteiger partial charge in [0.25, 0.3) is 0 Å². The molecule has 0 aliphatic carbocycles. The fraction of sp³-hybridized carbons (Fsp3) is 0.857. The molecule has 0 aliphatic rings. The first-order valence-corrected chi connectivity index (χ1v) is 6.92. The second-order valence-corrected chi connectivity index (χ2v) is 5.00. The van der Waals surface area contributed by atoms with Gasteiger partial charge in [0.05, 0.1) is 25.9 Å². The lowest BCUT2D eigenvalue weighted by molar-refractivity contribution is -0.126. The van der Waals surface area contributed by atoms with Crippen LogP contribution in [0.4, 0.5) is 0 Å². The van der Waals surface area contributed by atoms with Crippen molar-refractivity contribution in [3.05, 3.63) is 0 Å². The van der Waals surface area contributed by atoms with Crippen LogP contribution in [0.3, 0.4) is 0 Å². The minimum Gasteiger partial charge on any atom is -0.377 e. The molecular weight excluding hydrogens is 246 g/mol. The van der Waals surface area contributed by atoms with E-state index in [-0.39, 0.29) is 30.1 Å². The molecule has 0 unspecified atom stereocenters. The van der Waals surface area contributed by atoms with Gasteiger partial charge in [-0.05, 0) is 13.8 Å². The normalized spacial score (nSPS) is 11.1. The van der Waals surface area contributed by atoms with Gasteiger partial charge in [0.15, 0.2) is 0 Å². The van der Waals surface area contributed by atoms with Crippen molar-refractivity contribution in [3.63, 3.8) is 0 Å². The Morgan fingerprint density at radius 2 is 1.68 bits per heavy atom. The van der Waals surface area contributed by atoms with Crippen molar-refractivity contribution in [3.8, 4) is 0 Å². The lowest BCUT2D eigenvalue weighted by Crippen LogP contribution is -2.28. The van der Waals surface area contributed by atoms with Crippen LogP contribution in [0.25, 0.3) is 0 Å². The van der Waals surface area contributed by atoms with Crippen molar-refractivity contribution in [1.29, 1.82) is 0 Å². The van der Waals surface area contributed by atoms with E-state index in [1.807, 2.05) is 27.7 Å². The quantitative estimate of drug-likeness (QED) is 0.580. The van der Waals surface area contributed by atoms with E-state index >= 15 is 0 Å². The van der Waals surface area contributed by atoms with Crippen LogP contribution in [0.5, 0.6) is 0 Å². The molecule has 0 rings (SSSR count). The molecule has 0 aliphatic heterocycles. The summed E-state index contributed by atoms with van der Waals surface area (Å²) in [6.45, 7) is 9.65. The molecule has 0 saturated carbocycles. The Balaban J connectivity index is 3.37. The van der Waals surface area contributed by atoms with Crippen molar-refractivity contribution in [1.82, 2.24) is 5.32 Å². The minimum atomic E-state index is -0.101. The first-order valence-electron chi connectivity index (χ1n) is 6.92. The van der Waals surface area contributed by atoms with E-state index in [4.69, 9.17) is 9.47 Å². The van der Waals surface area contributed by atoms with E-state index in [9.17, 15) is 9.59 Å². The average Bonchev–Trinajstić information content (AvgIpc) is 2.34. The van der Waals surface area contributed by atoms with Crippen LogP contribution in [-0.4, -0.2) is 44.2 Å². The molecular formula is C14H27NO4. The second-order valence-electron chi connectivity index (χ2n) is 5.00. The second kappa shape index (κ2) is 10.9. The van der Waals surface area contributed by atoms with Gasteiger partial charge in [0.1, 0.15) is 5.78 Å². The van der Waals surface area contributed by atoms with E-state index in [2.05, 4.69) is 5.32 Å². The number of amides is 1. The van der Waals surface area contributed by atoms with Crippen LogP contribution in [0.2, 0.25) is 0 Å². The van der Waals surface area contributed by atoms with Crippen molar-refractivity contribution in [2.45, 2.75) is 46.6 Å². The highest BCUT2D eigenvalue weighted by molar-refractivity contribution is 5.85. The molecule has 0 radical (unpaired) electrons. The zero-order chi connectivity index (χ0) is 14.7. The molecule has 0 spiro atoms. The van der Waals surface area contributed by atoms with E-state index in [0.29, 0.717) is 32.8 Å². The predicted octanol–water partition coefficient (Wildman–Crippen LogP) is 1.55. The molecule has 112 valence electrons. The number of rotatable bonds is 11. The Morgan fingerprint density at radius 3 is 2.26 bits per heavy atom. The summed E-state index contributed by atoms with van der Waals surface area (Å²) in [4.78, 5) is 22.7. The molecule has 0 fully saturated rings. The van der Waals surface area contributed by atoms with Gasteiger partial charge in [-0.15, -0.1) is 0 Å². The van der Waals surface area contributed by atoms with Gasteiger partial charge in [-0.3, -0.25) is 9.59 Å². The number of carbonyl (C=O) groups excluding carboxylic acids is 2. The standard InChI is InChI=1S/C14H27NO4/c1-11(2)13(16)5-6-14(17)15-7-8-18-9-10-19-12(3)4/h11-12H,5-10H2,1-4H3,(H,15,17). The van der Waals surface area contributed by atoms with Crippen molar-refractivity contribution < 1.29 is 19.1 Å². The van der Waals surface area contributed by atoms with Crippen LogP contribution in [0, 0.1) is 5.92 Å². The third kappa shape index (κ3) is 11.9. The van der Waals surface area contributed by atoms with E-state index in [0.717, 1.165) is 0 Å². The minimum absolute atomic E-state index is 0.00269. The van der Waals surface area contributed by atoms with Gasteiger partial charge < -0.3 is 14.8 Å². The number of hydrogen-bond donors (Lipinski definition) is 1. The highest BCUT2D eigenvalue weighted by Crippen LogP contribution is 2.01. The molecule has 0 heterocycles. The van der Waals surface area contributed by atoms with Crippen molar-refractivity contribution >= 4 is 11.7 Å². The molecule has 0 atom stereocenters. The summed E-state index contributed by atoms with van der Waals surface area (Å²) in [7, 11) is 0. The van der Waals surface area contributed by atoms with Gasteiger partial charge in [0.2, 0.25) is 5.91 Å². The monoisotopic (exact) mass is 273 g/mol. The largest absolute Gasteiger partial charge is 0.377 e. The predicted molar refractivity (Wildman–Crippen MR) is 74.0 cm³/mol. The van der Waals surface area contributed by atoms with Crippen molar-refractivity contribution in [2.24, 2.45) is 5.92 Å². The lowest BCUT2D eigenvalue weighted by Gasteiger charge is -2.09. The molecule has 0 bridgehead atoms. The molecule has 5 heteroatoms. The Morgan fingerprint density at radius 1 is 1.00 bits per heavy atom. The van der Waals surface area contributed by atoms with E-state index in [1.165, 1.54) is 0 Å². The van der Waals surface area contributed by atoms with Crippen LogP contribution in [-0.2, 0) is 19.1 Å². The molecule has 0 aromatic heterocycles. The number of Topliss-reactive ketones (excluding diaryl/α,β-unsaturated/α-hetero) is 1. The van der Waals surface area contributed by atoms with Gasteiger partial charge in [0, 0.05) is 25.3 Å². The summed E-state index contributed by atoms with van der Waals surface area (Å²) in [6.07, 6.45) is 0.780. The fourth-order valence-corrected chi connectivity index (χ4v) is 1.32. The Kier molecular flexibility index (Phi) is 10.4. The number of nitrogens with one attached hydrogen (secondary N) is 1. The maximum absolute atomic E-state index is 11.4. The van der Waals surface area contributed by atoms with Gasteiger partial charge in [-0.1, -0.05) is 13.8 Å². The Labute approximate surface area is 116 Å². The molecule has 1 amide bonds. The smallest absolute Gasteiger partial charge is 0.220 e. The summed E-state index contributed by atoms with van der Waals surface area (Å²) < 4.78 is 10.6. The van der Waals surface area contributed by atoms with E-state index < -0.39 is 0 Å². The molecule has 0 saturated heterocycles. The van der Waals surface area contributed by atoms with Crippen molar-refractivity contribution in [2.75, 3.05) is 26.4 Å². The zero-order valence-electron chi connectivity index (χ0n) is 12.5. The molecule has 0 aromatic rings. The summed E-state index contributed by atoms with van der Waals surface area (Å²) in [6, 6.07) is 0. The Bertz CT molecular complexity index is 264. The van der Waals surface area contributed by atoms with E-state index in [1.54, 1.807) is 0 Å². The first-order chi connectivity index (χ1) is 8.93. The number of ketones is 1. The average molecular weight is 273 g/mol. The third-order valence-corrected chi connectivity index (χ3v) is 2.49. The highest BCUT2D eigenvalue weighted by atomic mass is 16.5. The van der Waals surface area contributed by atoms with Gasteiger partial charge in [-0.2, -0.15) is 0 Å². The third-order valence-electron chi connectivity index (χ3n) is 2.49. The maximum atomic E-state index is 11.4. The maximum Gasteiger partial charge on any atom is 0.220 e. The molecule has 0 aromatic carbocycles. The van der Waals surface area contributed by atoms with Crippen LogP contribution < -0.4 is 5.32 Å².